The molecule has 0 aromatic heterocycles. The number of rotatable bonds is 8. The number of para-hydroxylation sites is 2. The molecule has 2 aliphatic carbocycles. The van der Waals surface area contributed by atoms with Crippen LogP contribution in [0, 0.1) is 16.7 Å². The Bertz CT molecular complexity index is 1730. The third-order valence-corrected chi connectivity index (χ3v) is 16.1. The molecule has 3 atom stereocenters. The van der Waals surface area contributed by atoms with Gasteiger partial charge in [0.2, 0.25) is 0 Å². The smallest absolute Gasteiger partial charge is 0.0621 e. The van der Waals surface area contributed by atoms with Gasteiger partial charge < -0.3 is 10.6 Å². The molecule has 224 valence electrons. The minimum Gasteiger partial charge on any atom is -0.356 e. The Balaban J connectivity index is 1.25. The van der Waals surface area contributed by atoms with E-state index < -0.39 is 15.8 Å². The topological polar surface area (TPSA) is 24.1 Å². The summed E-state index contributed by atoms with van der Waals surface area (Å²) in [6, 6.07) is 54.1. The van der Waals surface area contributed by atoms with Gasteiger partial charge in [-0.15, -0.1) is 0 Å². The van der Waals surface area contributed by atoms with Crippen molar-refractivity contribution in [1.29, 1.82) is 0 Å². The van der Waals surface area contributed by atoms with E-state index in [2.05, 4.69) is 163 Å². The molecule has 0 amide bonds. The van der Waals surface area contributed by atoms with Gasteiger partial charge in [0.05, 0.1) is 11.4 Å². The molecule has 1 fully saturated rings. The van der Waals surface area contributed by atoms with Crippen molar-refractivity contribution in [1.82, 2.24) is 0 Å². The molecule has 4 heteroatoms. The first-order valence-electron chi connectivity index (χ1n) is 16.3. The van der Waals surface area contributed by atoms with E-state index >= 15 is 0 Å². The monoisotopic (exact) mass is 622 g/mol. The minimum absolute atomic E-state index is 0.0919. The summed E-state index contributed by atoms with van der Waals surface area (Å²) < 4.78 is 0. The molecule has 0 spiro atoms. The molecule has 5 aromatic carbocycles. The molecule has 2 nitrogen and oxygen atoms in total. The van der Waals surface area contributed by atoms with Crippen LogP contribution in [0.1, 0.15) is 26.2 Å². The lowest BCUT2D eigenvalue weighted by molar-refractivity contribution is -0.0194. The van der Waals surface area contributed by atoms with Crippen molar-refractivity contribution in [3.05, 3.63) is 157 Å². The average Bonchev–Trinajstić information content (AvgIpc) is 3.08. The van der Waals surface area contributed by atoms with Crippen LogP contribution in [0.25, 0.3) is 0 Å². The Labute approximate surface area is 270 Å². The van der Waals surface area contributed by atoms with Gasteiger partial charge in [0, 0.05) is 16.8 Å². The zero-order valence-electron chi connectivity index (χ0n) is 25.9. The minimum atomic E-state index is -0.543. The summed E-state index contributed by atoms with van der Waals surface area (Å²) in [6.45, 7) is 2.63. The second-order valence-electron chi connectivity index (χ2n) is 13.2. The zero-order chi connectivity index (χ0) is 30.3. The van der Waals surface area contributed by atoms with E-state index in [-0.39, 0.29) is 10.8 Å². The van der Waals surface area contributed by atoms with Crippen molar-refractivity contribution in [2.75, 3.05) is 23.0 Å². The number of fused-ring (bicyclic) bond motifs is 3. The molecule has 1 aliphatic heterocycles. The molecule has 5 aromatic rings. The molecule has 0 radical (unpaired) electrons. The van der Waals surface area contributed by atoms with E-state index in [1.54, 1.807) is 0 Å². The number of anilines is 2. The first kappa shape index (κ1) is 28.8. The lowest BCUT2D eigenvalue weighted by Gasteiger charge is -2.64. The molecule has 1 saturated carbocycles. The van der Waals surface area contributed by atoms with Gasteiger partial charge in [0.25, 0.3) is 0 Å². The van der Waals surface area contributed by atoms with Crippen LogP contribution >= 0.6 is 15.8 Å². The van der Waals surface area contributed by atoms with E-state index in [0.29, 0.717) is 5.92 Å². The fourth-order valence-corrected chi connectivity index (χ4v) is 14.0. The van der Waals surface area contributed by atoms with Gasteiger partial charge in [-0.25, -0.2) is 0 Å². The number of hydrogen-bond donors (Lipinski definition) is 2. The maximum absolute atomic E-state index is 4.07. The number of nitrogens with one attached hydrogen (secondary N) is 2. The van der Waals surface area contributed by atoms with E-state index in [1.165, 1.54) is 69.2 Å². The van der Waals surface area contributed by atoms with Crippen LogP contribution in [0.15, 0.2) is 157 Å². The van der Waals surface area contributed by atoms with E-state index in [0.717, 1.165) is 6.42 Å². The summed E-state index contributed by atoms with van der Waals surface area (Å²) >= 11 is 0. The van der Waals surface area contributed by atoms with Crippen LogP contribution in [0.4, 0.5) is 11.4 Å². The lowest BCUT2D eigenvalue weighted by Crippen LogP contribution is -2.59. The number of hydrogen-bond acceptors (Lipinski definition) is 2. The van der Waals surface area contributed by atoms with Crippen molar-refractivity contribution in [2.24, 2.45) is 16.7 Å². The summed E-state index contributed by atoms with van der Waals surface area (Å²) in [4.78, 5) is 0. The molecular weight excluding hydrogens is 582 g/mol. The van der Waals surface area contributed by atoms with Crippen molar-refractivity contribution in [3.63, 3.8) is 0 Å². The Morgan fingerprint density at radius 1 is 0.556 bits per heavy atom. The Morgan fingerprint density at radius 2 is 0.978 bits per heavy atom. The second-order valence-corrected chi connectivity index (χ2v) is 17.7. The summed E-state index contributed by atoms with van der Waals surface area (Å²) in [5.41, 5.74) is 5.55. The van der Waals surface area contributed by atoms with Crippen LogP contribution < -0.4 is 31.9 Å². The molecular formula is C41H40N2P2. The predicted molar refractivity (Wildman–Crippen MR) is 196 cm³/mol. The fraction of sp³-hybridized carbons (Fsp3) is 0.220. The quantitative estimate of drug-likeness (QED) is 0.169. The summed E-state index contributed by atoms with van der Waals surface area (Å²) in [7, 11) is -1.05. The average molecular weight is 623 g/mol. The normalized spacial score (nSPS) is 23.3. The third-order valence-electron chi connectivity index (χ3n) is 10.5. The van der Waals surface area contributed by atoms with Gasteiger partial charge in [-0.1, -0.05) is 140 Å². The van der Waals surface area contributed by atoms with Gasteiger partial charge in [0.1, 0.15) is 0 Å². The van der Waals surface area contributed by atoms with Crippen molar-refractivity contribution in [2.45, 2.75) is 26.2 Å². The lowest BCUT2D eigenvalue weighted by atomic mass is 9.47. The van der Waals surface area contributed by atoms with Crippen LogP contribution in [-0.2, 0) is 0 Å². The maximum Gasteiger partial charge on any atom is 0.0621 e. The third kappa shape index (κ3) is 5.23. The van der Waals surface area contributed by atoms with E-state index in [9.17, 15) is 0 Å². The largest absolute Gasteiger partial charge is 0.356 e. The molecule has 3 aliphatic rings. The first-order valence-corrected chi connectivity index (χ1v) is 19.3. The Morgan fingerprint density at radius 3 is 1.42 bits per heavy atom. The molecule has 0 saturated heterocycles. The molecule has 2 N–H and O–H groups in total. The van der Waals surface area contributed by atoms with Crippen LogP contribution in [-0.4, -0.2) is 12.3 Å². The van der Waals surface area contributed by atoms with Crippen LogP contribution in [0.3, 0.4) is 0 Å². The van der Waals surface area contributed by atoms with Crippen molar-refractivity contribution in [3.8, 4) is 0 Å². The van der Waals surface area contributed by atoms with Crippen molar-refractivity contribution < 1.29 is 0 Å². The van der Waals surface area contributed by atoms with Crippen LogP contribution in [0.5, 0.6) is 0 Å². The molecule has 1 heterocycles. The van der Waals surface area contributed by atoms with Gasteiger partial charge in [-0.3, -0.25) is 0 Å². The zero-order valence-corrected chi connectivity index (χ0v) is 27.7. The first-order chi connectivity index (χ1) is 22.1. The summed E-state index contributed by atoms with van der Waals surface area (Å²) in [6.07, 6.45) is 5.95. The second kappa shape index (κ2) is 11.9. The molecule has 8 rings (SSSR count). The highest BCUT2D eigenvalue weighted by Gasteiger charge is 2.62. The SMILES string of the molecule is CC1(CP(c2ccccc2)c2ccccc2)CC2=C(Nc3ccccc3N2)C2(CP(c3ccccc3)c3ccccc3)CCC12. The van der Waals surface area contributed by atoms with Crippen molar-refractivity contribution >= 4 is 48.4 Å². The fourth-order valence-electron chi connectivity index (χ4n) is 8.35. The van der Waals surface area contributed by atoms with Gasteiger partial charge in [0.15, 0.2) is 0 Å². The van der Waals surface area contributed by atoms with Gasteiger partial charge >= 0.3 is 0 Å². The number of benzene rings is 5. The number of allylic oxidation sites excluding steroid dienone is 2. The summed E-state index contributed by atoms with van der Waals surface area (Å²) in [5, 5.41) is 14.0. The predicted octanol–water partition coefficient (Wildman–Crippen LogP) is 8.81. The highest BCUT2D eigenvalue weighted by atomic mass is 31.1. The van der Waals surface area contributed by atoms with Crippen LogP contribution in [0.2, 0.25) is 0 Å². The van der Waals surface area contributed by atoms with Gasteiger partial charge in [-0.05, 0) is 92.1 Å². The highest BCUT2D eigenvalue weighted by molar-refractivity contribution is 7.73. The molecule has 0 bridgehead atoms. The standard InChI is InChI=1S/C41H40N2P2/c1-40(29-44(31-16-6-2-7-17-31)32-18-8-3-9-19-32)28-37-39(43-36-25-15-14-24-35(36)42-37)41(27-26-38(40)41)30-45(33-20-10-4-11-21-33)34-22-12-5-13-23-34/h2-25,38,42-43H,26-30H2,1H3. The summed E-state index contributed by atoms with van der Waals surface area (Å²) in [5.74, 6) is 0.609. The Kier molecular flexibility index (Phi) is 7.61. The van der Waals surface area contributed by atoms with Gasteiger partial charge in [-0.2, -0.15) is 0 Å². The molecule has 45 heavy (non-hydrogen) atoms. The highest BCUT2D eigenvalue weighted by Crippen LogP contribution is 2.69. The maximum atomic E-state index is 4.07. The van der Waals surface area contributed by atoms with E-state index in [4.69, 9.17) is 0 Å². The molecule has 3 unspecified atom stereocenters. The Hall–Kier alpha value is -3.70. The van der Waals surface area contributed by atoms with E-state index in [1.807, 2.05) is 0 Å².